The van der Waals surface area contributed by atoms with Crippen LogP contribution in [0.2, 0.25) is 12.1 Å². The fourth-order valence-corrected chi connectivity index (χ4v) is 7.09. The average molecular weight is 389 g/mol. The SMILES string of the molecule is CCCCCCC(=O)SCCC(CCC)O[SiH](CCCC)CCCC. The fourth-order valence-electron chi connectivity index (χ4n) is 3.09. The normalized spacial score (nSPS) is 12.7. The molecule has 0 radical (unpaired) electrons. The van der Waals surface area contributed by atoms with Gasteiger partial charge in [0.15, 0.2) is 14.2 Å². The van der Waals surface area contributed by atoms with Gasteiger partial charge in [-0.25, -0.2) is 0 Å². The van der Waals surface area contributed by atoms with Gasteiger partial charge < -0.3 is 4.43 Å². The smallest absolute Gasteiger partial charge is 0.188 e. The molecule has 0 rings (SSSR count). The van der Waals surface area contributed by atoms with Gasteiger partial charge >= 0.3 is 0 Å². The molecule has 0 saturated carbocycles. The van der Waals surface area contributed by atoms with Crippen molar-refractivity contribution in [2.24, 2.45) is 0 Å². The number of carbonyl (C=O) groups excluding carboxylic acids is 1. The Hall–Kier alpha value is 0.197. The van der Waals surface area contributed by atoms with Gasteiger partial charge in [0.1, 0.15) is 0 Å². The van der Waals surface area contributed by atoms with Crippen molar-refractivity contribution in [3.63, 3.8) is 0 Å². The van der Waals surface area contributed by atoms with Crippen molar-refractivity contribution >= 4 is 25.9 Å². The van der Waals surface area contributed by atoms with Crippen LogP contribution in [0.4, 0.5) is 0 Å². The summed E-state index contributed by atoms with van der Waals surface area (Å²) in [7, 11) is -1.05. The van der Waals surface area contributed by atoms with Gasteiger partial charge in [-0.2, -0.15) is 0 Å². The van der Waals surface area contributed by atoms with Gasteiger partial charge in [0, 0.05) is 18.3 Å². The van der Waals surface area contributed by atoms with Gasteiger partial charge in [0.25, 0.3) is 0 Å². The van der Waals surface area contributed by atoms with Crippen molar-refractivity contribution in [2.75, 3.05) is 5.75 Å². The number of hydrogen-bond acceptors (Lipinski definition) is 3. The summed E-state index contributed by atoms with van der Waals surface area (Å²) in [6.45, 7) is 9.01. The molecule has 2 nitrogen and oxygen atoms in total. The predicted octanol–water partition coefficient (Wildman–Crippen LogP) is 7.12. The molecule has 0 bridgehead atoms. The molecule has 1 unspecified atom stereocenters. The first-order valence-electron chi connectivity index (χ1n) is 11.0. The van der Waals surface area contributed by atoms with Crippen LogP contribution >= 0.6 is 11.8 Å². The molecule has 4 heteroatoms. The summed E-state index contributed by atoms with van der Waals surface area (Å²) in [4.78, 5) is 12.0. The van der Waals surface area contributed by atoms with Crippen LogP contribution in [-0.2, 0) is 9.22 Å². The topological polar surface area (TPSA) is 26.3 Å². The highest BCUT2D eigenvalue weighted by Crippen LogP contribution is 2.20. The van der Waals surface area contributed by atoms with E-state index in [-0.39, 0.29) is 0 Å². The Balaban J connectivity index is 4.12. The van der Waals surface area contributed by atoms with Crippen LogP contribution in [0.25, 0.3) is 0 Å². The Morgan fingerprint density at radius 1 is 0.840 bits per heavy atom. The minimum Gasteiger partial charge on any atom is -0.417 e. The molecule has 0 aromatic rings. The Bertz CT molecular complexity index is 292. The van der Waals surface area contributed by atoms with Crippen LogP contribution < -0.4 is 0 Å². The molecule has 0 fully saturated rings. The molecule has 1 atom stereocenters. The Morgan fingerprint density at radius 3 is 2.04 bits per heavy atom. The standard InChI is InChI=1S/C21H44O2SSi/c1-5-9-12-13-15-21(22)24-17-16-20(14-8-4)23-25(18-10-6-2)19-11-7-3/h20,25H,5-19H2,1-4H3. The molecule has 0 amide bonds. The number of unbranched alkanes of at least 4 members (excludes halogenated alkanes) is 5. The van der Waals surface area contributed by atoms with E-state index in [9.17, 15) is 4.79 Å². The molecule has 0 aromatic carbocycles. The third kappa shape index (κ3) is 16.1. The summed E-state index contributed by atoms with van der Waals surface area (Å²) in [5, 5.41) is 0.386. The minimum absolute atomic E-state index is 0.386. The lowest BCUT2D eigenvalue weighted by atomic mass is 10.2. The van der Waals surface area contributed by atoms with Crippen molar-refractivity contribution in [2.45, 2.75) is 123 Å². The van der Waals surface area contributed by atoms with E-state index >= 15 is 0 Å². The van der Waals surface area contributed by atoms with Crippen LogP contribution in [-0.4, -0.2) is 26.0 Å². The summed E-state index contributed by atoms with van der Waals surface area (Å²) in [6, 6.07) is 2.67. The van der Waals surface area contributed by atoms with Gasteiger partial charge in [-0.15, -0.1) is 0 Å². The minimum atomic E-state index is -1.05. The van der Waals surface area contributed by atoms with E-state index in [1.807, 2.05) is 0 Å². The maximum Gasteiger partial charge on any atom is 0.188 e. The zero-order chi connectivity index (χ0) is 18.8. The van der Waals surface area contributed by atoms with E-state index in [0.717, 1.165) is 31.4 Å². The van der Waals surface area contributed by atoms with Gasteiger partial charge in [0.05, 0.1) is 0 Å². The van der Waals surface area contributed by atoms with Gasteiger partial charge in [-0.05, 0) is 31.4 Å². The summed E-state index contributed by atoms with van der Waals surface area (Å²) in [5.74, 6) is 0.944. The van der Waals surface area contributed by atoms with Gasteiger partial charge in [0.2, 0.25) is 0 Å². The van der Waals surface area contributed by atoms with Crippen molar-refractivity contribution in [3.8, 4) is 0 Å². The largest absolute Gasteiger partial charge is 0.417 e. The van der Waals surface area contributed by atoms with Gasteiger partial charge in [-0.3, -0.25) is 4.79 Å². The van der Waals surface area contributed by atoms with E-state index in [1.54, 1.807) is 11.8 Å². The van der Waals surface area contributed by atoms with E-state index in [2.05, 4.69) is 27.7 Å². The maximum absolute atomic E-state index is 12.0. The molecular weight excluding hydrogens is 344 g/mol. The zero-order valence-electron chi connectivity index (χ0n) is 17.5. The molecule has 0 aromatic heterocycles. The Morgan fingerprint density at radius 2 is 1.48 bits per heavy atom. The highest BCUT2D eigenvalue weighted by Gasteiger charge is 2.18. The summed E-state index contributed by atoms with van der Waals surface area (Å²) in [6.07, 6.45) is 14.5. The van der Waals surface area contributed by atoms with Gasteiger partial charge in [-0.1, -0.05) is 90.8 Å². The number of rotatable bonds is 18. The number of carbonyl (C=O) groups is 1. The predicted molar refractivity (Wildman–Crippen MR) is 117 cm³/mol. The molecule has 0 aliphatic rings. The highest BCUT2D eigenvalue weighted by atomic mass is 32.2. The number of hydrogen-bond donors (Lipinski definition) is 0. The second-order valence-electron chi connectivity index (χ2n) is 7.27. The summed E-state index contributed by atoms with van der Waals surface area (Å²) >= 11 is 1.55. The molecular formula is C21H44O2SSi. The van der Waals surface area contributed by atoms with Crippen LogP contribution in [0.1, 0.15) is 105 Å². The first-order chi connectivity index (χ1) is 12.2. The summed E-state index contributed by atoms with van der Waals surface area (Å²) < 4.78 is 6.60. The zero-order valence-corrected chi connectivity index (χ0v) is 19.5. The first kappa shape index (κ1) is 25.2. The Kier molecular flexibility index (Phi) is 19.1. The highest BCUT2D eigenvalue weighted by molar-refractivity contribution is 8.13. The average Bonchev–Trinajstić information content (AvgIpc) is 2.61. The van der Waals surface area contributed by atoms with Crippen LogP contribution in [0.5, 0.6) is 0 Å². The van der Waals surface area contributed by atoms with Crippen LogP contribution in [0.15, 0.2) is 0 Å². The molecule has 0 aliphatic heterocycles. The quantitative estimate of drug-likeness (QED) is 0.185. The molecule has 0 saturated heterocycles. The maximum atomic E-state index is 12.0. The molecule has 0 spiro atoms. The lowest BCUT2D eigenvalue weighted by Gasteiger charge is -2.24. The lowest BCUT2D eigenvalue weighted by Crippen LogP contribution is -2.26. The van der Waals surface area contributed by atoms with Crippen LogP contribution in [0.3, 0.4) is 0 Å². The molecule has 25 heavy (non-hydrogen) atoms. The van der Waals surface area contributed by atoms with Crippen molar-refractivity contribution in [1.29, 1.82) is 0 Å². The van der Waals surface area contributed by atoms with E-state index in [0.29, 0.717) is 11.2 Å². The van der Waals surface area contributed by atoms with E-state index in [4.69, 9.17) is 4.43 Å². The Labute approximate surface area is 164 Å². The third-order valence-corrected chi connectivity index (χ3v) is 8.53. The second-order valence-corrected chi connectivity index (χ2v) is 11.1. The molecule has 0 heterocycles. The fraction of sp³-hybridized carbons (Fsp3) is 0.952. The van der Waals surface area contributed by atoms with Crippen LogP contribution in [0, 0.1) is 0 Å². The lowest BCUT2D eigenvalue weighted by molar-refractivity contribution is -0.111. The van der Waals surface area contributed by atoms with Crippen molar-refractivity contribution in [1.82, 2.24) is 0 Å². The molecule has 150 valence electrons. The third-order valence-electron chi connectivity index (χ3n) is 4.69. The van der Waals surface area contributed by atoms with Crippen molar-refractivity contribution in [3.05, 3.63) is 0 Å². The molecule has 0 N–H and O–H groups in total. The summed E-state index contributed by atoms with van der Waals surface area (Å²) in [5.41, 5.74) is 0. The first-order valence-corrected chi connectivity index (χ1v) is 14.1. The monoisotopic (exact) mass is 388 g/mol. The van der Waals surface area contributed by atoms with E-state index in [1.165, 1.54) is 63.5 Å². The number of thioether (sulfide) groups is 1. The van der Waals surface area contributed by atoms with E-state index < -0.39 is 9.04 Å². The van der Waals surface area contributed by atoms with Crippen molar-refractivity contribution < 1.29 is 9.22 Å². The second kappa shape index (κ2) is 19.0. The molecule has 0 aliphatic carbocycles.